The maximum Gasteiger partial charge on any atom is 0.275 e. The summed E-state index contributed by atoms with van der Waals surface area (Å²) >= 11 is 12.3. The number of hydrogen-bond acceptors (Lipinski definition) is 6. The number of β-lactam (4-membered cyclic amide) rings is 1. The first kappa shape index (κ1) is 22.9. The molecule has 2 atom stereocenters. The van der Waals surface area contributed by atoms with Crippen molar-refractivity contribution < 1.29 is 19.4 Å². The van der Waals surface area contributed by atoms with Gasteiger partial charge in [0.25, 0.3) is 11.8 Å². The normalized spacial score (nSPS) is 17.5. The minimum atomic E-state index is -0.941. The summed E-state index contributed by atoms with van der Waals surface area (Å²) in [5, 5.41) is 11.4. The maximum absolute atomic E-state index is 13.2. The maximum atomic E-state index is 13.2. The van der Waals surface area contributed by atoms with Gasteiger partial charge < -0.3 is 14.8 Å². The molecule has 11 heteroatoms. The summed E-state index contributed by atoms with van der Waals surface area (Å²) in [7, 11) is 1.39. The van der Waals surface area contributed by atoms with E-state index in [0.29, 0.717) is 21.7 Å². The number of amides is 2. The Bertz CT molecular complexity index is 1600. The van der Waals surface area contributed by atoms with E-state index in [9.17, 15) is 19.5 Å². The van der Waals surface area contributed by atoms with E-state index in [1.54, 1.807) is 24.3 Å². The van der Waals surface area contributed by atoms with Crippen LogP contribution < -0.4 is 15.6 Å². The number of phenolic OH excluding ortho intramolecular Hbond substituents is 1. The van der Waals surface area contributed by atoms with E-state index in [0.717, 1.165) is 16.0 Å². The standard InChI is InChI=1S/C24H18Cl2N4O5/c1-10-7-17(25)28-14-5-4-12-20(18(10)14)27-9-13(22(12)32)23(33)29-30-21(19(26)24(30)34)11-3-6-15(31)16(8-11)35-2/h3-9,19,21,28,31H,1-2H3,(H,29,33). The summed E-state index contributed by atoms with van der Waals surface area (Å²) in [5.74, 6) is -1.22. The fraction of sp³-hybridized carbons (Fsp3) is 0.167. The van der Waals surface area contributed by atoms with Gasteiger partial charge in [0.1, 0.15) is 22.1 Å². The number of halogens is 2. The number of pyridine rings is 2. The van der Waals surface area contributed by atoms with Crippen LogP contribution in [0.3, 0.4) is 0 Å². The molecule has 0 saturated carbocycles. The van der Waals surface area contributed by atoms with Crippen LogP contribution in [0.4, 0.5) is 0 Å². The number of alkyl halides is 1. The Kier molecular flexibility index (Phi) is 5.53. The fourth-order valence-corrected chi connectivity index (χ4v) is 4.91. The molecule has 5 rings (SSSR count). The molecule has 0 bridgehead atoms. The number of nitrogens with zero attached hydrogens (tertiary/aromatic N) is 2. The molecule has 3 heterocycles. The summed E-state index contributed by atoms with van der Waals surface area (Å²) in [6.45, 7) is 1.85. The van der Waals surface area contributed by atoms with Crippen LogP contribution in [0.5, 0.6) is 11.5 Å². The number of hydrazine groups is 1. The second-order valence-corrected chi connectivity index (χ2v) is 8.99. The number of methoxy groups -OCH3 is 1. The SMILES string of the molecule is COc1cc(C2C(Cl)C(=O)N2NC(=O)c2cnc3c(ccc4[nH]c(Cl)cc(C)c43)c2=O)ccc1O. The van der Waals surface area contributed by atoms with Gasteiger partial charge in [-0.25, -0.2) is 5.01 Å². The first-order valence-corrected chi connectivity index (χ1v) is 11.3. The van der Waals surface area contributed by atoms with E-state index in [-0.39, 0.29) is 22.4 Å². The highest BCUT2D eigenvalue weighted by Crippen LogP contribution is 2.40. The highest BCUT2D eigenvalue weighted by molar-refractivity contribution is 6.33. The number of benzene rings is 2. The minimum absolute atomic E-state index is 0.0792. The van der Waals surface area contributed by atoms with Crippen LogP contribution >= 0.6 is 23.2 Å². The van der Waals surface area contributed by atoms with E-state index in [1.807, 2.05) is 6.92 Å². The highest BCUT2D eigenvalue weighted by atomic mass is 35.5. The quantitative estimate of drug-likeness (QED) is 0.166. The number of ether oxygens (including phenoxy) is 1. The zero-order valence-corrected chi connectivity index (χ0v) is 19.9. The van der Waals surface area contributed by atoms with Gasteiger partial charge >= 0.3 is 0 Å². The average molecular weight is 513 g/mol. The highest BCUT2D eigenvalue weighted by Gasteiger charge is 2.48. The van der Waals surface area contributed by atoms with E-state index < -0.39 is 28.7 Å². The topological polar surface area (TPSA) is 125 Å². The summed E-state index contributed by atoms with van der Waals surface area (Å²) in [6.07, 6.45) is 1.19. The Labute approximate surface area is 208 Å². The zero-order valence-electron chi connectivity index (χ0n) is 18.4. The third kappa shape index (κ3) is 3.64. The van der Waals surface area contributed by atoms with E-state index in [4.69, 9.17) is 27.9 Å². The molecule has 1 fully saturated rings. The Balaban J connectivity index is 1.49. The number of phenols is 1. The second kappa shape index (κ2) is 8.44. The number of aromatic hydroxyl groups is 1. The number of aryl methyl sites for hydroxylation is 1. The van der Waals surface area contributed by atoms with Crippen LogP contribution in [-0.4, -0.2) is 44.4 Å². The van der Waals surface area contributed by atoms with Gasteiger partial charge in [-0.3, -0.25) is 24.8 Å². The molecular formula is C24H18Cl2N4O5. The third-order valence-electron chi connectivity index (χ3n) is 6.02. The number of carbonyl (C=O) groups excluding carboxylic acids is 2. The first-order chi connectivity index (χ1) is 16.7. The zero-order chi connectivity index (χ0) is 25.0. The molecule has 0 spiro atoms. The smallest absolute Gasteiger partial charge is 0.275 e. The minimum Gasteiger partial charge on any atom is -0.504 e. The monoisotopic (exact) mass is 512 g/mol. The predicted octanol–water partition coefficient (Wildman–Crippen LogP) is 3.59. The summed E-state index contributed by atoms with van der Waals surface area (Å²) < 4.78 is 5.11. The van der Waals surface area contributed by atoms with Crippen LogP contribution in [-0.2, 0) is 4.79 Å². The van der Waals surface area contributed by atoms with Crippen molar-refractivity contribution in [2.45, 2.75) is 18.3 Å². The third-order valence-corrected chi connectivity index (χ3v) is 6.65. The molecule has 1 aliphatic heterocycles. The Morgan fingerprint density at radius 1 is 1.23 bits per heavy atom. The molecule has 2 aromatic heterocycles. The summed E-state index contributed by atoms with van der Waals surface area (Å²) in [4.78, 5) is 46.0. The lowest BCUT2D eigenvalue weighted by molar-refractivity contribution is -0.149. The first-order valence-electron chi connectivity index (χ1n) is 10.5. The number of H-pyrrole nitrogens is 1. The molecule has 0 radical (unpaired) electrons. The number of fused-ring (bicyclic) bond motifs is 3. The van der Waals surface area contributed by atoms with E-state index in [2.05, 4.69) is 15.4 Å². The van der Waals surface area contributed by atoms with Crippen molar-refractivity contribution in [1.29, 1.82) is 0 Å². The lowest BCUT2D eigenvalue weighted by atomic mass is 9.95. The van der Waals surface area contributed by atoms with Gasteiger partial charge in [0.2, 0.25) is 5.43 Å². The van der Waals surface area contributed by atoms with Crippen LogP contribution in [0.2, 0.25) is 5.15 Å². The van der Waals surface area contributed by atoms with E-state index in [1.165, 1.54) is 25.4 Å². The van der Waals surface area contributed by atoms with E-state index >= 15 is 0 Å². The molecule has 4 aromatic rings. The number of rotatable bonds is 4. The Hall–Kier alpha value is -3.82. The van der Waals surface area contributed by atoms with Gasteiger partial charge in [-0.1, -0.05) is 17.7 Å². The summed E-state index contributed by atoms with van der Waals surface area (Å²) in [6, 6.07) is 8.77. The van der Waals surface area contributed by atoms with Gasteiger partial charge in [-0.15, -0.1) is 11.6 Å². The molecule has 35 heavy (non-hydrogen) atoms. The molecule has 0 aliphatic carbocycles. The molecule has 1 aliphatic rings. The van der Waals surface area contributed by atoms with Gasteiger partial charge in [-0.05, 0) is 48.4 Å². The van der Waals surface area contributed by atoms with Gasteiger partial charge in [0.05, 0.1) is 12.6 Å². The van der Waals surface area contributed by atoms with Crippen molar-refractivity contribution in [3.05, 3.63) is 74.7 Å². The number of aromatic nitrogens is 2. The van der Waals surface area contributed by atoms with Crippen LogP contribution in [0, 0.1) is 6.92 Å². The van der Waals surface area contributed by atoms with Gasteiger partial charge in [0, 0.05) is 22.5 Å². The molecular weight excluding hydrogens is 495 g/mol. The van der Waals surface area contributed by atoms with Crippen LogP contribution in [0.25, 0.3) is 21.8 Å². The Morgan fingerprint density at radius 3 is 2.74 bits per heavy atom. The van der Waals surface area contributed by atoms with Crippen molar-refractivity contribution in [2.75, 3.05) is 7.11 Å². The van der Waals surface area contributed by atoms with Crippen molar-refractivity contribution in [3.8, 4) is 11.5 Å². The molecule has 1 saturated heterocycles. The lowest BCUT2D eigenvalue weighted by Crippen LogP contribution is -2.63. The molecule has 178 valence electrons. The van der Waals surface area contributed by atoms with Gasteiger partial charge in [-0.2, -0.15) is 0 Å². The van der Waals surface area contributed by atoms with Crippen LogP contribution in [0.15, 0.2) is 47.4 Å². The molecule has 2 unspecified atom stereocenters. The molecule has 2 aromatic carbocycles. The number of nitrogens with one attached hydrogen (secondary N) is 2. The van der Waals surface area contributed by atoms with Crippen molar-refractivity contribution in [3.63, 3.8) is 0 Å². The van der Waals surface area contributed by atoms with Crippen LogP contribution in [0.1, 0.15) is 27.5 Å². The molecule has 2 amide bonds. The van der Waals surface area contributed by atoms with Crippen molar-refractivity contribution >= 4 is 56.8 Å². The second-order valence-electron chi connectivity index (χ2n) is 8.11. The Morgan fingerprint density at radius 2 is 2.00 bits per heavy atom. The number of carbonyl (C=O) groups is 2. The predicted molar refractivity (Wildman–Crippen MR) is 131 cm³/mol. The molecule has 3 N–H and O–H groups in total. The average Bonchev–Trinajstić information content (AvgIpc) is 2.83. The fourth-order valence-electron chi connectivity index (χ4n) is 4.28. The largest absolute Gasteiger partial charge is 0.504 e. The van der Waals surface area contributed by atoms with Crippen molar-refractivity contribution in [2.24, 2.45) is 0 Å². The summed E-state index contributed by atoms with van der Waals surface area (Å²) in [5.41, 5.74) is 4.22. The number of aromatic amines is 1. The van der Waals surface area contributed by atoms with Gasteiger partial charge in [0.15, 0.2) is 11.5 Å². The van der Waals surface area contributed by atoms with Crippen molar-refractivity contribution in [1.82, 2.24) is 20.4 Å². The molecule has 9 nitrogen and oxygen atoms in total. The lowest BCUT2D eigenvalue weighted by Gasteiger charge is -2.43. The number of hydrogen-bond donors (Lipinski definition) is 3.